The number of aryl methyl sites for hydroxylation is 1. The van der Waals surface area contributed by atoms with Gasteiger partial charge in [0.05, 0.1) is 29.5 Å². The van der Waals surface area contributed by atoms with Gasteiger partial charge in [0.15, 0.2) is 5.72 Å². The Morgan fingerprint density at radius 1 is 1.25 bits per heavy atom. The highest BCUT2D eigenvalue weighted by Gasteiger charge is 2.52. The predicted molar refractivity (Wildman–Crippen MR) is 107 cm³/mol. The minimum absolute atomic E-state index is 0.113. The molecule has 1 fully saturated rings. The highest BCUT2D eigenvalue weighted by atomic mass is 32.2. The van der Waals surface area contributed by atoms with Crippen molar-refractivity contribution in [2.75, 3.05) is 12.9 Å². The molecule has 2 aliphatic rings. The van der Waals surface area contributed by atoms with Crippen LogP contribution in [0.25, 0.3) is 0 Å². The molecule has 0 spiro atoms. The van der Waals surface area contributed by atoms with Gasteiger partial charge in [0.1, 0.15) is 5.75 Å². The lowest BCUT2D eigenvalue weighted by atomic mass is 9.85. The number of carbonyl (C=O) groups is 1. The Morgan fingerprint density at radius 2 is 1.96 bits per heavy atom. The zero-order valence-corrected chi connectivity index (χ0v) is 16.5. The van der Waals surface area contributed by atoms with Crippen LogP contribution in [0.3, 0.4) is 0 Å². The van der Waals surface area contributed by atoms with Gasteiger partial charge in [0.2, 0.25) is 5.91 Å². The Kier molecular flexibility index (Phi) is 4.66. The molecule has 5 nitrogen and oxygen atoms in total. The molecule has 142 valence electrons. The van der Waals surface area contributed by atoms with Gasteiger partial charge in [-0.1, -0.05) is 48.0 Å². The molecule has 0 aliphatic carbocycles. The van der Waals surface area contributed by atoms with Gasteiger partial charge < -0.3 is 9.84 Å². The molecule has 2 heterocycles. The summed E-state index contributed by atoms with van der Waals surface area (Å²) in [5.74, 6) is 0.366. The van der Waals surface area contributed by atoms with Gasteiger partial charge in [-0.15, -0.1) is 11.8 Å². The molecule has 2 aliphatic heterocycles. The minimum Gasteiger partial charge on any atom is -0.496 e. The maximum atomic E-state index is 13.1. The van der Waals surface area contributed by atoms with E-state index in [-0.39, 0.29) is 18.2 Å². The first-order valence-electron chi connectivity index (χ1n) is 9.02. The van der Waals surface area contributed by atoms with Gasteiger partial charge in [-0.05, 0) is 13.0 Å². The quantitative estimate of drug-likeness (QED) is 0.863. The molecule has 6 heteroatoms. The number of hydrogen-bond acceptors (Lipinski definition) is 5. The van der Waals surface area contributed by atoms with Crippen molar-refractivity contribution in [3.63, 3.8) is 0 Å². The average molecular weight is 392 g/mol. The molecule has 2 aromatic carbocycles. The summed E-state index contributed by atoms with van der Waals surface area (Å²) in [6, 6.07) is 17.2. The van der Waals surface area contributed by atoms with E-state index >= 15 is 0 Å². The van der Waals surface area contributed by atoms with E-state index in [9.17, 15) is 15.2 Å². The summed E-state index contributed by atoms with van der Waals surface area (Å²) in [7, 11) is 1.58. The second kappa shape index (κ2) is 7.01. The number of amides is 1. The third kappa shape index (κ3) is 2.79. The van der Waals surface area contributed by atoms with Crippen LogP contribution in [0.1, 0.15) is 29.0 Å². The van der Waals surface area contributed by atoms with Gasteiger partial charge in [-0.25, -0.2) is 0 Å². The Bertz CT molecular complexity index is 1010. The molecule has 2 aromatic rings. The number of carbonyl (C=O) groups excluding carboxylic acids is 1. The van der Waals surface area contributed by atoms with Crippen molar-refractivity contribution in [2.24, 2.45) is 0 Å². The van der Waals surface area contributed by atoms with Crippen molar-refractivity contribution in [1.29, 1.82) is 5.26 Å². The molecule has 0 bridgehead atoms. The van der Waals surface area contributed by atoms with Crippen molar-refractivity contribution in [3.8, 4) is 11.8 Å². The Morgan fingerprint density at radius 3 is 2.64 bits per heavy atom. The van der Waals surface area contributed by atoms with Crippen LogP contribution in [0.2, 0.25) is 0 Å². The number of thioether (sulfide) groups is 1. The summed E-state index contributed by atoms with van der Waals surface area (Å²) in [6.45, 7) is 1.97. The lowest BCUT2D eigenvalue weighted by molar-refractivity contribution is -0.149. The third-order valence-electron chi connectivity index (χ3n) is 5.34. The second-order valence-electron chi connectivity index (χ2n) is 7.03. The van der Waals surface area contributed by atoms with Gasteiger partial charge in [-0.2, -0.15) is 5.26 Å². The van der Waals surface area contributed by atoms with E-state index < -0.39 is 5.72 Å². The maximum absolute atomic E-state index is 13.1. The number of para-hydroxylation sites is 1. The lowest BCUT2D eigenvalue weighted by Crippen LogP contribution is -2.48. The number of ether oxygens (including phenoxy) is 1. The lowest BCUT2D eigenvalue weighted by Gasteiger charge is -2.38. The van der Waals surface area contributed by atoms with E-state index in [0.717, 1.165) is 11.1 Å². The fourth-order valence-corrected chi connectivity index (χ4v) is 5.24. The second-order valence-corrected chi connectivity index (χ2v) is 7.99. The van der Waals surface area contributed by atoms with Crippen LogP contribution in [0, 0.1) is 18.3 Å². The normalized spacial score (nSPS) is 24.1. The van der Waals surface area contributed by atoms with Crippen LogP contribution in [-0.2, 0) is 10.5 Å². The van der Waals surface area contributed by atoms with E-state index in [0.29, 0.717) is 27.7 Å². The summed E-state index contributed by atoms with van der Waals surface area (Å²) < 4.78 is 5.45. The van der Waals surface area contributed by atoms with Crippen LogP contribution in [0.15, 0.2) is 59.1 Å². The third-order valence-corrected chi connectivity index (χ3v) is 6.56. The molecule has 1 saturated heterocycles. The molecular weight excluding hydrogens is 372 g/mol. The highest BCUT2D eigenvalue weighted by molar-refractivity contribution is 8.03. The fourth-order valence-electron chi connectivity index (χ4n) is 3.88. The molecule has 4 rings (SSSR count). The average Bonchev–Trinajstić information content (AvgIpc) is 3.07. The highest BCUT2D eigenvalue weighted by Crippen LogP contribution is 2.52. The van der Waals surface area contributed by atoms with Gasteiger partial charge >= 0.3 is 0 Å². The largest absolute Gasteiger partial charge is 0.496 e. The number of methoxy groups -OCH3 is 1. The number of hydrogen-bond donors (Lipinski definition) is 1. The Labute approximate surface area is 168 Å². The van der Waals surface area contributed by atoms with Crippen molar-refractivity contribution in [3.05, 3.63) is 75.8 Å². The van der Waals surface area contributed by atoms with Crippen molar-refractivity contribution < 1.29 is 14.6 Å². The molecule has 0 radical (unpaired) electrons. The standard InChI is InChI=1S/C22H20N2O3S/c1-14-7-9-15(10-8-14)22(26)13-28-21-18(12-23)17(11-20(25)24(21)22)16-5-3-4-6-19(16)27-2/h3-10,17,26H,11,13H2,1-2H3/t17-,22+/m0/s1. The molecule has 28 heavy (non-hydrogen) atoms. The van der Waals surface area contributed by atoms with Gasteiger partial charge in [-0.3, -0.25) is 9.69 Å². The smallest absolute Gasteiger partial charge is 0.231 e. The summed E-state index contributed by atoms with van der Waals surface area (Å²) in [5, 5.41) is 21.9. The molecule has 0 aromatic heterocycles. The number of benzene rings is 2. The van der Waals surface area contributed by atoms with E-state index in [1.165, 1.54) is 16.7 Å². The van der Waals surface area contributed by atoms with Gasteiger partial charge in [0.25, 0.3) is 0 Å². The monoisotopic (exact) mass is 392 g/mol. The van der Waals surface area contributed by atoms with Crippen LogP contribution in [0.5, 0.6) is 5.75 Å². The van der Waals surface area contributed by atoms with E-state index in [4.69, 9.17) is 4.74 Å². The van der Waals surface area contributed by atoms with Crippen LogP contribution < -0.4 is 4.74 Å². The number of rotatable bonds is 3. The fraction of sp³-hybridized carbons (Fsp3) is 0.273. The summed E-state index contributed by atoms with van der Waals surface area (Å²) in [6.07, 6.45) is 0.113. The number of aliphatic hydroxyl groups is 1. The molecular formula is C22H20N2O3S. The predicted octanol–water partition coefficient (Wildman–Crippen LogP) is 3.65. The number of fused-ring (bicyclic) bond motifs is 1. The number of nitriles is 1. The first-order chi connectivity index (χ1) is 13.5. The van der Waals surface area contributed by atoms with Crippen molar-refractivity contribution in [1.82, 2.24) is 4.90 Å². The van der Waals surface area contributed by atoms with Gasteiger partial charge in [0, 0.05) is 23.5 Å². The molecule has 1 amide bonds. The van der Waals surface area contributed by atoms with Crippen LogP contribution in [0.4, 0.5) is 0 Å². The van der Waals surface area contributed by atoms with Crippen LogP contribution in [-0.4, -0.2) is 28.8 Å². The van der Waals surface area contributed by atoms with Crippen molar-refractivity contribution >= 4 is 17.7 Å². The zero-order chi connectivity index (χ0) is 19.9. The van der Waals surface area contributed by atoms with E-state index in [1.54, 1.807) is 7.11 Å². The molecule has 2 atom stereocenters. The minimum atomic E-state index is -1.45. The number of allylic oxidation sites excluding steroid dienone is 1. The SMILES string of the molecule is COc1ccccc1[C@@H]1CC(=O)N2C(=C1C#N)SC[C@@]2(O)c1ccc(C)cc1. The number of nitrogens with zero attached hydrogens (tertiary/aromatic N) is 2. The molecule has 0 saturated carbocycles. The summed E-state index contributed by atoms with van der Waals surface area (Å²) >= 11 is 1.35. The summed E-state index contributed by atoms with van der Waals surface area (Å²) in [5.41, 5.74) is 1.60. The zero-order valence-electron chi connectivity index (χ0n) is 15.7. The van der Waals surface area contributed by atoms with E-state index in [1.807, 2.05) is 55.5 Å². The van der Waals surface area contributed by atoms with Crippen molar-refractivity contribution in [2.45, 2.75) is 25.0 Å². The van der Waals surface area contributed by atoms with E-state index in [2.05, 4.69) is 6.07 Å². The Hall–Kier alpha value is -2.75. The first kappa shape index (κ1) is 18.6. The molecule has 1 N–H and O–H groups in total. The van der Waals surface area contributed by atoms with Crippen LogP contribution >= 0.6 is 11.8 Å². The Balaban J connectivity index is 1.82. The molecule has 0 unspecified atom stereocenters. The maximum Gasteiger partial charge on any atom is 0.231 e. The topological polar surface area (TPSA) is 73.6 Å². The first-order valence-corrected chi connectivity index (χ1v) is 10.0. The summed E-state index contributed by atoms with van der Waals surface area (Å²) in [4.78, 5) is 14.6.